The van der Waals surface area contributed by atoms with Crippen molar-refractivity contribution >= 4 is 29.3 Å². The molecule has 0 bridgehead atoms. The molecule has 3 aliphatic heterocycles. The number of aromatic hydroxyl groups is 1. The summed E-state index contributed by atoms with van der Waals surface area (Å²) < 4.78 is 6.34. The highest BCUT2D eigenvalue weighted by molar-refractivity contribution is 6.23. The van der Waals surface area contributed by atoms with E-state index in [1.165, 1.54) is 27.9 Å². The van der Waals surface area contributed by atoms with Gasteiger partial charge in [-0.2, -0.15) is 0 Å². The van der Waals surface area contributed by atoms with Gasteiger partial charge in [-0.3, -0.25) is 34.3 Å². The van der Waals surface area contributed by atoms with Crippen LogP contribution >= 0.6 is 0 Å². The number of fused-ring (bicyclic) bond motifs is 2. The summed E-state index contributed by atoms with van der Waals surface area (Å²) in [4.78, 5) is 56.7. The number of hydrogen-bond donors (Lipinski definition) is 2. The molecular formula is C48H52N4O6. The molecule has 2 N–H and O–H groups in total. The number of imide groups is 2. The molecule has 4 aromatic rings. The van der Waals surface area contributed by atoms with Crippen LogP contribution in [0.4, 0.5) is 5.69 Å². The Hall–Kier alpha value is -5.48. The van der Waals surface area contributed by atoms with E-state index in [0.29, 0.717) is 35.4 Å². The van der Waals surface area contributed by atoms with Crippen LogP contribution in [0.1, 0.15) is 114 Å². The molecule has 2 aliphatic carbocycles. The van der Waals surface area contributed by atoms with E-state index in [-0.39, 0.29) is 36.0 Å². The van der Waals surface area contributed by atoms with Gasteiger partial charge in [0.1, 0.15) is 23.6 Å². The number of anilines is 1. The van der Waals surface area contributed by atoms with Gasteiger partial charge in [0.05, 0.1) is 11.1 Å². The minimum absolute atomic E-state index is 0.0183. The van der Waals surface area contributed by atoms with E-state index in [2.05, 4.69) is 89.6 Å². The Balaban J connectivity index is 0.789. The van der Waals surface area contributed by atoms with Crippen LogP contribution in [0.25, 0.3) is 0 Å². The molecule has 0 spiro atoms. The Morgan fingerprint density at radius 3 is 2.26 bits per heavy atom. The third-order valence-electron chi connectivity index (χ3n) is 13.4. The minimum atomic E-state index is -0.986. The highest BCUT2D eigenvalue weighted by atomic mass is 16.5. The maximum atomic E-state index is 13.3. The zero-order valence-corrected chi connectivity index (χ0v) is 33.3. The van der Waals surface area contributed by atoms with E-state index in [4.69, 9.17) is 4.74 Å². The van der Waals surface area contributed by atoms with Crippen molar-refractivity contribution in [2.75, 3.05) is 24.5 Å². The molecule has 10 heteroatoms. The molecule has 1 saturated carbocycles. The van der Waals surface area contributed by atoms with Crippen molar-refractivity contribution in [3.8, 4) is 11.5 Å². The zero-order chi connectivity index (χ0) is 40.1. The molecule has 0 aromatic heterocycles. The summed E-state index contributed by atoms with van der Waals surface area (Å²) >= 11 is 0. The van der Waals surface area contributed by atoms with Gasteiger partial charge in [-0.1, -0.05) is 48.5 Å². The lowest BCUT2D eigenvalue weighted by atomic mass is 9.69. The number of carbonyl (C=O) groups excluding carboxylic acids is 4. The second-order valence-corrected chi connectivity index (χ2v) is 17.2. The van der Waals surface area contributed by atoms with Crippen molar-refractivity contribution in [1.82, 2.24) is 15.1 Å². The number of benzene rings is 4. The predicted octanol–water partition coefficient (Wildman–Crippen LogP) is 7.19. The summed E-state index contributed by atoms with van der Waals surface area (Å²) in [7, 11) is 0. The monoisotopic (exact) mass is 780 g/mol. The number of phenols is 1. The van der Waals surface area contributed by atoms with Gasteiger partial charge in [-0.25, -0.2) is 0 Å². The van der Waals surface area contributed by atoms with Gasteiger partial charge in [0.15, 0.2) is 0 Å². The van der Waals surface area contributed by atoms with E-state index >= 15 is 0 Å². The number of carbonyl (C=O) groups is 4. The first-order chi connectivity index (χ1) is 28.1. The first kappa shape index (κ1) is 38.1. The first-order valence-electron chi connectivity index (χ1n) is 21.1. The molecule has 2 saturated heterocycles. The highest BCUT2D eigenvalue weighted by Gasteiger charge is 2.45. The molecule has 3 unspecified atom stereocenters. The smallest absolute Gasteiger partial charge is 0.262 e. The number of rotatable bonds is 10. The molecule has 3 fully saturated rings. The Bertz CT molecular complexity index is 2210. The molecule has 0 radical (unpaired) electrons. The average molecular weight is 781 g/mol. The van der Waals surface area contributed by atoms with Crippen LogP contribution in [0.15, 0.2) is 91.0 Å². The molecule has 58 heavy (non-hydrogen) atoms. The number of nitrogens with one attached hydrogen (secondary N) is 1. The normalized spacial score (nSPS) is 24.8. The zero-order valence-electron chi connectivity index (χ0n) is 33.3. The van der Waals surface area contributed by atoms with Gasteiger partial charge < -0.3 is 14.7 Å². The third kappa shape index (κ3) is 7.27. The van der Waals surface area contributed by atoms with Crippen LogP contribution in [0.5, 0.6) is 11.5 Å². The fourth-order valence-electron chi connectivity index (χ4n) is 10.2. The molecule has 10 nitrogen and oxygen atoms in total. The Kier molecular flexibility index (Phi) is 10.3. The second kappa shape index (κ2) is 15.7. The quantitative estimate of drug-likeness (QED) is 0.163. The van der Waals surface area contributed by atoms with Gasteiger partial charge >= 0.3 is 0 Å². The average Bonchev–Trinajstić information content (AvgIpc) is 3.46. The summed E-state index contributed by atoms with van der Waals surface area (Å²) in [5.74, 6) is 0.0896. The van der Waals surface area contributed by atoms with Crippen LogP contribution in [-0.2, 0) is 16.0 Å². The lowest BCUT2D eigenvalue weighted by molar-refractivity contribution is -0.136. The molecule has 4 amide bonds. The Morgan fingerprint density at radius 1 is 0.793 bits per heavy atom. The molecular weight excluding hydrogens is 729 g/mol. The van der Waals surface area contributed by atoms with E-state index < -0.39 is 29.7 Å². The standard InChI is InChI=1S/C48H52N4O6/c1-29(2)51(35-25-38(26-35)58-37-14-17-41-42(27-37)48(57)52(47(41)56)43-18-19-44(54)49-46(43)55)28-30-20-22-50(23-21-30)34-11-8-32(9-12-34)45-39(31-6-4-3-5-7-31)15-10-33-24-36(53)13-16-40(33)45/h3-9,11-14,16-17,24,27,29-30,35,38-39,43,45,53H,10,15,18-23,25-26,28H2,1-2H3,(H,49,54,55). The first-order valence-corrected chi connectivity index (χ1v) is 21.1. The SMILES string of the molecule is CC(C)N(CC1CCN(c2ccc(C3c4ccc(O)cc4CCC3c3ccccc3)cc2)CC1)C1CC(Oc2ccc3c(c2)C(=O)N(C2CCC(=O)NC2=O)C3=O)C1. The summed E-state index contributed by atoms with van der Waals surface area (Å²) in [5.41, 5.74) is 7.04. The molecule has 4 aromatic carbocycles. The predicted molar refractivity (Wildman–Crippen MR) is 221 cm³/mol. The summed E-state index contributed by atoms with van der Waals surface area (Å²) in [6.45, 7) is 7.68. The Labute approximate surface area is 340 Å². The maximum absolute atomic E-state index is 13.3. The molecule has 300 valence electrons. The minimum Gasteiger partial charge on any atom is -0.508 e. The number of aryl methyl sites for hydroxylation is 1. The number of ether oxygens (including phenoxy) is 1. The van der Waals surface area contributed by atoms with Gasteiger partial charge in [0, 0.05) is 62.6 Å². The topological polar surface area (TPSA) is 119 Å². The molecule has 3 atom stereocenters. The van der Waals surface area contributed by atoms with Crippen molar-refractivity contribution in [3.63, 3.8) is 0 Å². The number of nitrogens with zero attached hydrogens (tertiary/aromatic N) is 3. The molecule has 5 aliphatic rings. The van der Waals surface area contributed by atoms with Crippen molar-refractivity contribution in [2.24, 2.45) is 5.92 Å². The van der Waals surface area contributed by atoms with E-state index in [1.54, 1.807) is 18.2 Å². The fraction of sp³-hybridized carbons (Fsp3) is 0.417. The van der Waals surface area contributed by atoms with Crippen LogP contribution < -0.4 is 15.0 Å². The molecule has 9 rings (SSSR count). The fourth-order valence-corrected chi connectivity index (χ4v) is 10.2. The Morgan fingerprint density at radius 2 is 1.53 bits per heavy atom. The summed E-state index contributed by atoms with van der Waals surface area (Å²) in [6.07, 6.45) is 6.33. The molecule has 3 heterocycles. The van der Waals surface area contributed by atoms with E-state index in [1.807, 2.05) is 12.1 Å². The second-order valence-electron chi connectivity index (χ2n) is 17.2. The number of hydrogen-bond acceptors (Lipinski definition) is 8. The third-order valence-corrected chi connectivity index (χ3v) is 13.4. The number of phenolic OH excluding ortho intramolecular Hbond substituents is 1. The van der Waals surface area contributed by atoms with Crippen molar-refractivity contribution in [1.29, 1.82) is 0 Å². The van der Waals surface area contributed by atoms with Crippen LogP contribution in [0.3, 0.4) is 0 Å². The lowest BCUT2D eigenvalue weighted by Crippen LogP contribution is -2.54. The number of piperidine rings is 2. The summed E-state index contributed by atoms with van der Waals surface area (Å²) in [6, 6.07) is 30.9. The van der Waals surface area contributed by atoms with Gasteiger partial charge in [-0.05, 0) is 123 Å². The van der Waals surface area contributed by atoms with E-state index in [0.717, 1.165) is 63.1 Å². The van der Waals surface area contributed by atoms with E-state index in [9.17, 15) is 24.3 Å². The van der Waals surface area contributed by atoms with Gasteiger partial charge in [-0.15, -0.1) is 0 Å². The van der Waals surface area contributed by atoms with Crippen LogP contribution in [0.2, 0.25) is 0 Å². The lowest BCUT2D eigenvalue weighted by Gasteiger charge is -2.46. The van der Waals surface area contributed by atoms with Gasteiger partial charge in [0.25, 0.3) is 11.8 Å². The number of amides is 4. The maximum Gasteiger partial charge on any atom is 0.262 e. The van der Waals surface area contributed by atoms with Crippen molar-refractivity contribution in [2.45, 2.75) is 101 Å². The summed E-state index contributed by atoms with van der Waals surface area (Å²) in [5, 5.41) is 12.5. The highest BCUT2D eigenvalue weighted by Crippen LogP contribution is 2.47. The van der Waals surface area contributed by atoms with Crippen LogP contribution in [0, 0.1) is 5.92 Å². The van der Waals surface area contributed by atoms with Crippen molar-refractivity contribution in [3.05, 3.63) is 124 Å². The largest absolute Gasteiger partial charge is 0.508 e. The van der Waals surface area contributed by atoms with Gasteiger partial charge in [0.2, 0.25) is 11.8 Å². The van der Waals surface area contributed by atoms with Crippen LogP contribution in [-0.4, -0.2) is 82.4 Å². The van der Waals surface area contributed by atoms with Crippen molar-refractivity contribution < 1.29 is 29.0 Å².